The number of aromatic nitrogens is 1. The van der Waals surface area contributed by atoms with Crippen LogP contribution < -0.4 is 0 Å². The summed E-state index contributed by atoms with van der Waals surface area (Å²) in [6, 6.07) is 4.65. The first-order valence-electron chi connectivity index (χ1n) is 10.0. The first-order valence-corrected chi connectivity index (χ1v) is 10.0. The molecule has 1 aromatic heterocycles. The van der Waals surface area contributed by atoms with Gasteiger partial charge < -0.3 is 4.90 Å². The van der Waals surface area contributed by atoms with Crippen LogP contribution in [0.3, 0.4) is 0 Å². The number of carbonyl (C=O) groups is 1. The fourth-order valence-electron chi connectivity index (χ4n) is 4.20. The van der Waals surface area contributed by atoms with Gasteiger partial charge in [-0.2, -0.15) is 0 Å². The van der Waals surface area contributed by atoms with Crippen LogP contribution in [0.5, 0.6) is 0 Å². The molecule has 1 saturated carbocycles. The minimum absolute atomic E-state index is 0.383. The summed E-state index contributed by atoms with van der Waals surface area (Å²) in [6.07, 6.45) is 11.0. The van der Waals surface area contributed by atoms with E-state index in [9.17, 15) is 4.79 Å². The number of carbonyl (C=O) groups excluding carboxylic acids is 1. The van der Waals surface area contributed by atoms with Crippen LogP contribution in [0.15, 0.2) is 24.5 Å². The van der Waals surface area contributed by atoms with Crippen molar-refractivity contribution < 1.29 is 4.79 Å². The highest BCUT2D eigenvalue weighted by Gasteiger charge is 2.35. The van der Waals surface area contributed by atoms with Gasteiger partial charge >= 0.3 is 0 Å². The van der Waals surface area contributed by atoms with Crippen LogP contribution in [-0.4, -0.2) is 46.4 Å². The fourth-order valence-corrected chi connectivity index (χ4v) is 4.20. The van der Waals surface area contributed by atoms with Crippen LogP contribution in [-0.2, 0) is 11.3 Å². The summed E-state index contributed by atoms with van der Waals surface area (Å²) in [5, 5.41) is 0. The summed E-state index contributed by atoms with van der Waals surface area (Å²) in [4.78, 5) is 21.4. The molecule has 0 unspecified atom stereocenters. The Morgan fingerprint density at radius 3 is 2.68 bits per heavy atom. The Kier molecular flexibility index (Phi) is 6.46. The topological polar surface area (TPSA) is 36.4 Å². The molecule has 0 bridgehead atoms. The van der Waals surface area contributed by atoms with Crippen LogP contribution in [0, 0.1) is 11.8 Å². The molecule has 0 spiro atoms. The molecule has 25 heavy (non-hydrogen) atoms. The molecule has 0 aromatic carbocycles. The Bertz CT molecular complexity index is 533. The molecular formula is C21H33N3O. The number of rotatable bonds is 7. The molecule has 138 valence electrons. The van der Waals surface area contributed by atoms with Crippen molar-refractivity contribution in [3.63, 3.8) is 0 Å². The fraction of sp³-hybridized carbons (Fsp3) is 0.714. The zero-order valence-corrected chi connectivity index (χ0v) is 15.9. The maximum Gasteiger partial charge on any atom is 0.222 e. The van der Waals surface area contributed by atoms with E-state index in [1.54, 1.807) is 0 Å². The van der Waals surface area contributed by atoms with E-state index >= 15 is 0 Å². The summed E-state index contributed by atoms with van der Waals surface area (Å²) in [7, 11) is 0. The van der Waals surface area contributed by atoms with E-state index < -0.39 is 0 Å². The molecule has 4 nitrogen and oxygen atoms in total. The lowest BCUT2D eigenvalue weighted by molar-refractivity contribution is -0.140. The van der Waals surface area contributed by atoms with Gasteiger partial charge in [0, 0.05) is 51.0 Å². The predicted octanol–water partition coefficient (Wildman–Crippen LogP) is 3.72. The van der Waals surface area contributed by atoms with E-state index in [1.165, 1.54) is 37.7 Å². The second-order valence-corrected chi connectivity index (χ2v) is 8.35. The number of likely N-dealkylation sites (tertiary alicyclic amines) is 1. The summed E-state index contributed by atoms with van der Waals surface area (Å²) >= 11 is 0. The van der Waals surface area contributed by atoms with Crippen molar-refractivity contribution in [2.75, 3.05) is 19.6 Å². The Hall–Kier alpha value is -1.42. The standard InChI is InChI=1S/C21H33N3O/c1-17(2)13-23(14-19-9-6-10-22-12-19)20-15-24(16-20)21(25)11-18-7-4-3-5-8-18/h6,9-10,12,17-18,20H,3-5,7-8,11,13-16H2,1-2H3. The number of hydrogen-bond donors (Lipinski definition) is 0. The number of amides is 1. The first kappa shape index (κ1) is 18.4. The van der Waals surface area contributed by atoms with E-state index in [0.29, 0.717) is 23.8 Å². The van der Waals surface area contributed by atoms with Crippen molar-refractivity contribution in [2.24, 2.45) is 11.8 Å². The molecule has 2 fully saturated rings. The third-order valence-electron chi connectivity index (χ3n) is 5.63. The highest BCUT2D eigenvalue weighted by Crippen LogP contribution is 2.28. The van der Waals surface area contributed by atoms with Gasteiger partial charge in [-0.15, -0.1) is 0 Å². The lowest BCUT2D eigenvalue weighted by Gasteiger charge is -2.46. The molecule has 1 aliphatic carbocycles. The number of pyridine rings is 1. The molecule has 1 amide bonds. The average Bonchev–Trinajstić information content (AvgIpc) is 2.54. The van der Waals surface area contributed by atoms with Crippen molar-refractivity contribution in [1.82, 2.24) is 14.8 Å². The smallest absolute Gasteiger partial charge is 0.222 e. The summed E-state index contributed by atoms with van der Waals surface area (Å²) in [6.45, 7) is 8.34. The quantitative estimate of drug-likeness (QED) is 0.757. The van der Waals surface area contributed by atoms with E-state index in [-0.39, 0.29) is 0 Å². The second-order valence-electron chi connectivity index (χ2n) is 8.35. The number of hydrogen-bond acceptors (Lipinski definition) is 3. The first-order chi connectivity index (χ1) is 12.1. The van der Waals surface area contributed by atoms with Crippen LogP contribution in [0.4, 0.5) is 0 Å². The zero-order valence-electron chi connectivity index (χ0n) is 15.9. The highest BCUT2D eigenvalue weighted by atomic mass is 16.2. The molecule has 4 heteroatoms. The number of nitrogens with zero attached hydrogens (tertiary/aromatic N) is 3. The second kappa shape index (κ2) is 8.79. The van der Waals surface area contributed by atoms with Crippen molar-refractivity contribution in [3.05, 3.63) is 30.1 Å². The van der Waals surface area contributed by atoms with Gasteiger partial charge in [-0.05, 0) is 36.3 Å². The van der Waals surface area contributed by atoms with Crippen molar-refractivity contribution in [2.45, 2.75) is 65.0 Å². The minimum atomic E-state index is 0.383. The SMILES string of the molecule is CC(C)CN(Cc1cccnc1)C1CN(C(=O)CC2CCCCC2)C1. The predicted molar refractivity (Wildman–Crippen MR) is 101 cm³/mol. The van der Waals surface area contributed by atoms with Gasteiger partial charge in [-0.1, -0.05) is 39.2 Å². The van der Waals surface area contributed by atoms with Gasteiger partial charge in [0.15, 0.2) is 0 Å². The van der Waals surface area contributed by atoms with Gasteiger partial charge in [0.1, 0.15) is 0 Å². The molecule has 2 aliphatic rings. The molecule has 0 N–H and O–H groups in total. The summed E-state index contributed by atoms with van der Waals surface area (Å²) < 4.78 is 0. The van der Waals surface area contributed by atoms with E-state index in [1.807, 2.05) is 18.5 Å². The van der Waals surface area contributed by atoms with Crippen molar-refractivity contribution in [1.29, 1.82) is 0 Å². The van der Waals surface area contributed by atoms with E-state index in [4.69, 9.17) is 0 Å². The summed E-state index contributed by atoms with van der Waals surface area (Å²) in [5.74, 6) is 1.65. The van der Waals surface area contributed by atoms with Gasteiger partial charge in [-0.3, -0.25) is 14.7 Å². The van der Waals surface area contributed by atoms with Crippen LogP contribution in [0.25, 0.3) is 0 Å². The van der Waals surface area contributed by atoms with Gasteiger partial charge in [0.05, 0.1) is 0 Å². The molecule has 3 rings (SSSR count). The molecule has 2 heterocycles. The lowest BCUT2D eigenvalue weighted by Crippen LogP contribution is -2.61. The van der Waals surface area contributed by atoms with E-state index in [2.05, 4.69) is 34.7 Å². The van der Waals surface area contributed by atoms with Crippen molar-refractivity contribution in [3.8, 4) is 0 Å². The maximum atomic E-state index is 12.5. The third kappa shape index (κ3) is 5.27. The highest BCUT2D eigenvalue weighted by molar-refractivity contribution is 5.77. The Balaban J connectivity index is 1.49. The molecular weight excluding hydrogens is 310 g/mol. The normalized spacial score (nSPS) is 19.4. The third-order valence-corrected chi connectivity index (χ3v) is 5.63. The van der Waals surface area contributed by atoms with E-state index in [0.717, 1.165) is 32.6 Å². The minimum Gasteiger partial charge on any atom is -0.339 e. The van der Waals surface area contributed by atoms with Crippen LogP contribution in [0.2, 0.25) is 0 Å². The molecule has 0 radical (unpaired) electrons. The monoisotopic (exact) mass is 343 g/mol. The van der Waals surface area contributed by atoms with Gasteiger partial charge in [0.2, 0.25) is 5.91 Å². The lowest BCUT2D eigenvalue weighted by atomic mass is 9.86. The molecule has 1 saturated heterocycles. The molecule has 1 aliphatic heterocycles. The Morgan fingerprint density at radius 2 is 2.04 bits per heavy atom. The Morgan fingerprint density at radius 1 is 1.28 bits per heavy atom. The molecule has 0 atom stereocenters. The summed E-state index contributed by atoms with van der Waals surface area (Å²) in [5.41, 5.74) is 1.26. The maximum absolute atomic E-state index is 12.5. The van der Waals surface area contributed by atoms with Crippen LogP contribution >= 0.6 is 0 Å². The Labute approximate surface area is 152 Å². The van der Waals surface area contributed by atoms with Crippen molar-refractivity contribution >= 4 is 5.91 Å². The van der Waals surface area contributed by atoms with Gasteiger partial charge in [-0.25, -0.2) is 0 Å². The average molecular weight is 344 g/mol. The van der Waals surface area contributed by atoms with Crippen LogP contribution in [0.1, 0.15) is 57.9 Å². The largest absolute Gasteiger partial charge is 0.339 e. The van der Waals surface area contributed by atoms with Gasteiger partial charge in [0.25, 0.3) is 0 Å². The zero-order chi connectivity index (χ0) is 17.6. The molecule has 1 aromatic rings.